The van der Waals surface area contributed by atoms with E-state index in [0.717, 1.165) is 12.7 Å². The molecule has 66 valence electrons. The van der Waals surface area contributed by atoms with Gasteiger partial charge in [0.05, 0.1) is 12.7 Å². The highest BCUT2D eigenvalue weighted by Gasteiger charge is 2.22. The van der Waals surface area contributed by atoms with Crippen molar-refractivity contribution in [3.8, 4) is 0 Å². The topological polar surface area (TPSA) is 32.8 Å². The zero-order valence-electron chi connectivity index (χ0n) is 7.47. The first-order valence-corrected chi connectivity index (χ1v) is 7.57. The molecular formula is C8H18O2Si. The van der Waals surface area contributed by atoms with Crippen LogP contribution >= 0.6 is 0 Å². The summed E-state index contributed by atoms with van der Waals surface area (Å²) < 4.78 is 5.09. The molecule has 0 aromatic rings. The summed E-state index contributed by atoms with van der Waals surface area (Å²) in [5, 5.41) is 0. The largest absolute Gasteiger partial charge is 0.432 e. The predicted octanol–water partition coefficient (Wildman–Crippen LogP) is 1.75. The molecule has 1 fully saturated rings. The Hall–Kier alpha value is 0.137. The summed E-state index contributed by atoms with van der Waals surface area (Å²) in [5.41, 5.74) is 0. The van der Waals surface area contributed by atoms with Gasteiger partial charge >= 0.3 is 0 Å². The smallest absolute Gasteiger partial charge is 0.182 e. The molecule has 0 spiro atoms. The van der Waals surface area contributed by atoms with Crippen molar-refractivity contribution in [2.24, 2.45) is 0 Å². The zero-order chi connectivity index (χ0) is 8.32. The maximum absolute atomic E-state index is 9.51. The van der Waals surface area contributed by atoms with E-state index in [-0.39, 0.29) is 0 Å². The standard InChI is InChI=1S/C8H18O2Si/c1-11(2,9)6-4-3-5-8-7-10-8/h8-9H,3-7H2,1-2H3. The SMILES string of the molecule is C[Si](C)(O)CCCCC1CO1. The van der Waals surface area contributed by atoms with Crippen molar-refractivity contribution >= 4 is 8.32 Å². The summed E-state index contributed by atoms with van der Waals surface area (Å²) in [5.74, 6) is 0. The van der Waals surface area contributed by atoms with Crippen LogP contribution in [-0.2, 0) is 4.74 Å². The molecule has 0 aromatic heterocycles. The molecule has 0 aliphatic carbocycles. The van der Waals surface area contributed by atoms with E-state index in [1.54, 1.807) is 0 Å². The molecule has 1 saturated heterocycles. The van der Waals surface area contributed by atoms with E-state index in [1.165, 1.54) is 19.3 Å². The van der Waals surface area contributed by atoms with Gasteiger partial charge in [-0.3, -0.25) is 0 Å². The van der Waals surface area contributed by atoms with Crippen molar-refractivity contribution in [2.75, 3.05) is 6.61 Å². The molecule has 11 heavy (non-hydrogen) atoms. The van der Waals surface area contributed by atoms with Crippen LogP contribution in [0.1, 0.15) is 19.3 Å². The van der Waals surface area contributed by atoms with Gasteiger partial charge in [0.25, 0.3) is 0 Å². The van der Waals surface area contributed by atoms with Crippen molar-refractivity contribution in [1.29, 1.82) is 0 Å². The van der Waals surface area contributed by atoms with Crippen LogP contribution in [0.15, 0.2) is 0 Å². The number of rotatable bonds is 5. The van der Waals surface area contributed by atoms with E-state index in [0.29, 0.717) is 6.10 Å². The second kappa shape index (κ2) is 3.69. The molecule has 0 aromatic carbocycles. The molecule has 1 unspecified atom stereocenters. The molecule has 0 radical (unpaired) electrons. The van der Waals surface area contributed by atoms with Gasteiger partial charge in [0, 0.05) is 0 Å². The lowest BCUT2D eigenvalue weighted by Crippen LogP contribution is -2.24. The highest BCUT2D eigenvalue weighted by Crippen LogP contribution is 2.19. The van der Waals surface area contributed by atoms with Crippen LogP contribution in [0, 0.1) is 0 Å². The lowest BCUT2D eigenvalue weighted by molar-refractivity contribution is 0.390. The minimum atomic E-state index is -1.75. The predicted molar refractivity (Wildman–Crippen MR) is 48.1 cm³/mol. The van der Waals surface area contributed by atoms with E-state index in [4.69, 9.17) is 4.74 Å². The molecular weight excluding hydrogens is 156 g/mol. The first-order chi connectivity index (χ1) is 5.08. The Labute approximate surface area is 69.7 Å². The van der Waals surface area contributed by atoms with Gasteiger partial charge in [-0.25, -0.2) is 0 Å². The minimum absolute atomic E-state index is 0.568. The van der Waals surface area contributed by atoms with E-state index in [9.17, 15) is 4.80 Å². The number of hydrogen-bond donors (Lipinski definition) is 1. The van der Waals surface area contributed by atoms with Gasteiger partial charge in [-0.1, -0.05) is 12.8 Å². The molecule has 1 heterocycles. The third-order valence-corrected chi connectivity index (χ3v) is 3.54. The van der Waals surface area contributed by atoms with E-state index >= 15 is 0 Å². The highest BCUT2D eigenvalue weighted by molar-refractivity contribution is 6.69. The zero-order valence-corrected chi connectivity index (χ0v) is 8.47. The number of unbranched alkanes of at least 4 members (excludes halogenated alkanes) is 1. The summed E-state index contributed by atoms with van der Waals surface area (Å²) in [6.07, 6.45) is 4.17. The minimum Gasteiger partial charge on any atom is -0.432 e. The van der Waals surface area contributed by atoms with Gasteiger partial charge in [0.2, 0.25) is 0 Å². The average Bonchev–Trinajstić information content (AvgIpc) is 2.60. The Kier molecular flexibility index (Phi) is 3.10. The van der Waals surface area contributed by atoms with Crippen LogP contribution in [0.5, 0.6) is 0 Å². The van der Waals surface area contributed by atoms with Crippen molar-refractivity contribution in [3.63, 3.8) is 0 Å². The number of ether oxygens (including phenoxy) is 1. The molecule has 3 heteroatoms. The second-order valence-electron chi connectivity index (χ2n) is 4.01. The quantitative estimate of drug-likeness (QED) is 0.391. The molecule has 0 amide bonds. The third kappa shape index (κ3) is 5.41. The van der Waals surface area contributed by atoms with E-state index in [1.807, 2.05) is 13.1 Å². The number of hydrogen-bond acceptors (Lipinski definition) is 2. The van der Waals surface area contributed by atoms with Gasteiger partial charge in [-0.2, -0.15) is 0 Å². The Morgan fingerprint density at radius 3 is 2.55 bits per heavy atom. The fourth-order valence-electron chi connectivity index (χ4n) is 1.16. The molecule has 2 nitrogen and oxygen atoms in total. The molecule has 1 N–H and O–H groups in total. The molecule has 0 saturated carbocycles. The maximum atomic E-state index is 9.51. The summed E-state index contributed by atoms with van der Waals surface area (Å²) in [6.45, 7) is 4.97. The molecule has 0 bridgehead atoms. The normalized spacial score (nSPS) is 23.7. The van der Waals surface area contributed by atoms with Crippen LogP contribution in [0.4, 0.5) is 0 Å². The second-order valence-corrected chi connectivity index (χ2v) is 8.14. The summed E-state index contributed by atoms with van der Waals surface area (Å²) in [4.78, 5) is 9.51. The lowest BCUT2D eigenvalue weighted by atomic mass is 10.2. The molecule has 1 atom stereocenters. The van der Waals surface area contributed by atoms with Gasteiger partial charge in [0.1, 0.15) is 0 Å². The Morgan fingerprint density at radius 2 is 2.09 bits per heavy atom. The fourth-order valence-corrected chi connectivity index (χ4v) is 2.28. The first kappa shape index (κ1) is 9.23. The molecule has 1 rings (SSSR count). The summed E-state index contributed by atoms with van der Waals surface area (Å²) in [7, 11) is -1.75. The van der Waals surface area contributed by atoms with E-state index < -0.39 is 8.32 Å². The molecule has 1 aliphatic heterocycles. The summed E-state index contributed by atoms with van der Waals surface area (Å²) in [6, 6.07) is 1.04. The summed E-state index contributed by atoms with van der Waals surface area (Å²) >= 11 is 0. The van der Waals surface area contributed by atoms with Crippen LogP contribution in [0.25, 0.3) is 0 Å². The van der Waals surface area contributed by atoms with Gasteiger partial charge < -0.3 is 9.53 Å². The van der Waals surface area contributed by atoms with Gasteiger partial charge in [-0.15, -0.1) is 0 Å². The van der Waals surface area contributed by atoms with Gasteiger partial charge in [-0.05, 0) is 25.6 Å². The van der Waals surface area contributed by atoms with Gasteiger partial charge in [0.15, 0.2) is 8.32 Å². The Morgan fingerprint density at radius 1 is 1.45 bits per heavy atom. The van der Waals surface area contributed by atoms with Crippen LogP contribution in [0.2, 0.25) is 19.1 Å². The lowest BCUT2D eigenvalue weighted by Gasteiger charge is -2.12. The Balaban J connectivity index is 1.87. The van der Waals surface area contributed by atoms with Crippen molar-refractivity contribution in [1.82, 2.24) is 0 Å². The highest BCUT2D eigenvalue weighted by atomic mass is 28.4. The Bertz CT molecular complexity index is 116. The fraction of sp³-hybridized carbons (Fsp3) is 1.00. The van der Waals surface area contributed by atoms with Crippen molar-refractivity contribution in [3.05, 3.63) is 0 Å². The maximum Gasteiger partial charge on any atom is 0.182 e. The average molecular weight is 174 g/mol. The molecule has 1 aliphatic rings. The third-order valence-electron chi connectivity index (χ3n) is 1.97. The van der Waals surface area contributed by atoms with Crippen molar-refractivity contribution in [2.45, 2.75) is 44.5 Å². The van der Waals surface area contributed by atoms with Crippen LogP contribution in [-0.4, -0.2) is 25.8 Å². The van der Waals surface area contributed by atoms with Crippen molar-refractivity contribution < 1.29 is 9.53 Å². The first-order valence-electron chi connectivity index (χ1n) is 4.42. The van der Waals surface area contributed by atoms with Crippen LogP contribution < -0.4 is 0 Å². The monoisotopic (exact) mass is 174 g/mol. The van der Waals surface area contributed by atoms with Crippen LogP contribution in [0.3, 0.4) is 0 Å². The number of epoxide rings is 1. The van der Waals surface area contributed by atoms with E-state index in [2.05, 4.69) is 0 Å².